The molecule has 12 rings (SSSR count). The van der Waals surface area contributed by atoms with Gasteiger partial charge in [-0.3, -0.25) is 4.57 Å². The van der Waals surface area contributed by atoms with E-state index in [-0.39, 0.29) is 0 Å². The fraction of sp³-hybridized carbons (Fsp3) is 0. The minimum absolute atomic E-state index is 0.604. The number of hydrogen-bond donors (Lipinski definition) is 0. The first kappa shape index (κ1) is 31.6. The van der Waals surface area contributed by atoms with Crippen molar-refractivity contribution < 1.29 is 4.42 Å². The first-order chi connectivity index (χ1) is 28.3. The van der Waals surface area contributed by atoms with Crippen molar-refractivity contribution >= 4 is 65.6 Å². The molecule has 0 fully saturated rings. The lowest BCUT2D eigenvalue weighted by atomic mass is 10.0. The van der Waals surface area contributed by atoms with E-state index in [9.17, 15) is 0 Å². The zero-order chi connectivity index (χ0) is 37.5. The third-order valence-electron chi connectivity index (χ3n) is 11.4. The summed E-state index contributed by atoms with van der Waals surface area (Å²) < 4.78 is 11.0. The fourth-order valence-corrected chi connectivity index (χ4v) is 8.75. The fourth-order valence-electron chi connectivity index (χ4n) is 8.75. The Labute approximate surface area is 327 Å². The Bertz CT molecular complexity index is 3500. The van der Waals surface area contributed by atoms with E-state index < -0.39 is 0 Å². The number of rotatable bonds is 5. The number of aromatic nitrogens is 4. The van der Waals surface area contributed by atoms with E-state index in [1.807, 2.05) is 18.2 Å². The highest BCUT2D eigenvalue weighted by Gasteiger charge is 2.22. The largest absolute Gasteiger partial charge is 0.456 e. The third kappa shape index (κ3) is 4.89. The van der Waals surface area contributed by atoms with Gasteiger partial charge in [-0.05, 0) is 65.7 Å². The van der Waals surface area contributed by atoms with Gasteiger partial charge in [0.05, 0.1) is 33.5 Å². The molecule has 0 aliphatic carbocycles. The van der Waals surface area contributed by atoms with Gasteiger partial charge in [-0.2, -0.15) is 0 Å². The van der Waals surface area contributed by atoms with Crippen LogP contribution in [-0.2, 0) is 0 Å². The molecule has 0 aliphatic rings. The van der Waals surface area contributed by atoms with Gasteiger partial charge in [0, 0.05) is 49.1 Å². The molecule has 0 saturated carbocycles. The standard InChI is InChI=1S/C52H32N4O/c1-3-13-33(14-4-1)34-23-25-35(26-24-34)43-32-44(36-27-28-40-39-18-9-12-22-48(39)57-49(40)31-36)54-52(53-43)56-46-21-11-8-19-42(46)50-47(56)30-29-41-38-17-7-10-20-45(38)55(51(41)50)37-15-5-2-6-16-37/h1-32H. The summed E-state index contributed by atoms with van der Waals surface area (Å²) in [4.78, 5) is 10.8. The smallest absolute Gasteiger partial charge is 0.235 e. The van der Waals surface area contributed by atoms with Gasteiger partial charge in [-0.15, -0.1) is 0 Å². The molecule has 0 unspecified atom stereocenters. The molecule has 57 heavy (non-hydrogen) atoms. The molecule has 0 N–H and O–H groups in total. The van der Waals surface area contributed by atoms with Crippen molar-refractivity contribution in [3.63, 3.8) is 0 Å². The predicted octanol–water partition coefficient (Wildman–Crippen LogP) is 13.6. The topological polar surface area (TPSA) is 48.8 Å². The van der Waals surface area contributed by atoms with Crippen molar-refractivity contribution in [2.24, 2.45) is 0 Å². The summed E-state index contributed by atoms with van der Waals surface area (Å²) >= 11 is 0. The number of hydrogen-bond acceptors (Lipinski definition) is 3. The highest BCUT2D eigenvalue weighted by Crippen LogP contribution is 2.42. The first-order valence-corrected chi connectivity index (χ1v) is 19.2. The Morgan fingerprint density at radius 2 is 0.912 bits per heavy atom. The molecule has 8 aromatic carbocycles. The predicted molar refractivity (Wildman–Crippen MR) is 234 cm³/mol. The lowest BCUT2D eigenvalue weighted by Crippen LogP contribution is -2.04. The number of benzene rings is 8. The lowest BCUT2D eigenvalue weighted by Gasteiger charge is -2.12. The molecule has 0 saturated heterocycles. The normalized spacial score (nSPS) is 11.9. The van der Waals surface area contributed by atoms with Gasteiger partial charge in [0.2, 0.25) is 5.95 Å². The van der Waals surface area contributed by atoms with E-state index in [4.69, 9.17) is 14.4 Å². The zero-order valence-corrected chi connectivity index (χ0v) is 30.7. The van der Waals surface area contributed by atoms with Crippen LogP contribution in [0.4, 0.5) is 0 Å². The molecule has 0 amide bonds. The Balaban J connectivity index is 1.14. The van der Waals surface area contributed by atoms with Gasteiger partial charge in [0.25, 0.3) is 0 Å². The Morgan fingerprint density at radius 3 is 1.70 bits per heavy atom. The molecule has 4 aromatic heterocycles. The van der Waals surface area contributed by atoms with Crippen LogP contribution in [0.15, 0.2) is 199 Å². The van der Waals surface area contributed by atoms with Crippen LogP contribution in [0.3, 0.4) is 0 Å². The van der Waals surface area contributed by atoms with E-state index in [2.05, 4.69) is 185 Å². The van der Waals surface area contributed by atoms with E-state index in [0.717, 1.165) is 83.0 Å². The molecule has 0 radical (unpaired) electrons. The summed E-state index contributed by atoms with van der Waals surface area (Å²) in [6, 6.07) is 68.3. The van der Waals surface area contributed by atoms with Gasteiger partial charge in [-0.1, -0.05) is 140 Å². The second-order valence-electron chi connectivity index (χ2n) is 14.6. The average molecular weight is 729 g/mol. The van der Waals surface area contributed by atoms with Crippen LogP contribution in [0.25, 0.3) is 111 Å². The molecule has 4 heterocycles. The minimum Gasteiger partial charge on any atom is -0.456 e. The van der Waals surface area contributed by atoms with Crippen LogP contribution in [0.5, 0.6) is 0 Å². The summed E-state index contributed by atoms with van der Waals surface area (Å²) in [5, 5.41) is 6.92. The molecular weight excluding hydrogens is 697 g/mol. The first-order valence-electron chi connectivity index (χ1n) is 19.2. The molecular formula is C52H32N4O. The molecule has 0 bridgehead atoms. The second kappa shape index (κ2) is 12.4. The summed E-state index contributed by atoms with van der Waals surface area (Å²) in [6.07, 6.45) is 0. The van der Waals surface area contributed by atoms with E-state index >= 15 is 0 Å². The highest BCUT2D eigenvalue weighted by atomic mass is 16.3. The Kier molecular flexibility index (Phi) is 6.86. The number of nitrogens with zero attached hydrogens (tertiary/aromatic N) is 4. The number of furan rings is 1. The van der Waals surface area contributed by atoms with Gasteiger partial charge in [0.1, 0.15) is 11.2 Å². The van der Waals surface area contributed by atoms with Crippen LogP contribution in [0, 0.1) is 0 Å². The maximum atomic E-state index is 6.37. The lowest BCUT2D eigenvalue weighted by molar-refractivity contribution is 0.669. The summed E-state index contributed by atoms with van der Waals surface area (Å²) in [6.45, 7) is 0. The van der Waals surface area contributed by atoms with Crippen molar-refractivity contribution in [1.29, 1.82) is 0 Å². The van der Waals surface area contributed by atoms with Crippen LogP contribution in [0.1, 0.15) is 0 Å². The van der Waals surface area contributed by atoms with Gasteiger partial charge in [0.15, 0.2) is 0 Å². The van der Waals surface area contributed by atoms with Crippen molar-refractivity contribution in [1.82, 2.24) is 19.1 Å². The third-order valence-corrected chi connectivity index (χ3v) is 11.4. The summed E-state index contributed by atoms with van der Waals surface area (Å²) in [7, 11) is 0. The van der Waals surface area contributed by atoms with Gasteiger partial charge in [-0.25, -0.2) is 9.97 Å². The molecule has 0 atom stereocenters. The van der Waals surface area contributed by atoms with Gasteiger partial charge < -0.3 is 8.98 Å². The molecule has 0 spiro atoms. The van der Waals surface area contributed by atoms with Crippen molar-refractivity contribution in [3.05, 3.63) is 194 Å². The SMILES string of the molecule is c1ccc(-c2ccc(-c3cc(-c4ccc5c(c4)oc4ccccc45)nc(-n4c5ccccc5c5c4ccc4c6ccccc6n(-c6ccccc6)c45)n3)cc2)cc1. The molecule has 5 nitrogen and oxygen atoms in total. The molecule has 0 aliphatic heterocycles. The monoisotopic (exact) mass is 728 g/mol. The summed E-state index contributed by atoms with van der Waals surface area (Å²) in [5.74, 6) is 0.604. The molecule has 12 aromatic rings. The molecule has 266 valence electrons. The Morgan fingerprint density at radius 1 is 0.351 bits per heavy atom. The highest BCUT2D eigenvalue weighted by molar-refractivity contribution is 6.26. The average Bonchev–Trinajstić information content (AvgIpc) is 3.94. The Hall–Kier alpha value is -7.76. The van der Waals surface area contributed by atoms with E-state index in [1.54, 1.807) is 0 Å². The second-order valence-corrected chi connectivity index (χ2v) is 14.6. The van der Waals surface area contributed by atoms with Crippen molar-refractivity contribution in [3.8, 4) is 45.3 Å². The van der Waals surface area contributed by atoms with E-state index in [1.165, 1.54) is 21.9 Å². The maximum absolute atomic E-state index is 6.37. The van der Waals surface area contributed by atoms with Crippen LogP contribution >= 0.6 is 0 Å². The van der Waals surface area contributed by atoms with Crippen LogP contribution in [0.2, 0.25) is 0 Å². The van der Waals surface area contributed by atoms with Gasteiger partial charge >= 0.3 is 0 Å². The van der Waals surface area contributed by atoms with E-state index in [0.29, 0.717) is 5.95 Å². The maximum Gasteiger partial charge on any atom is 0.235 e. The number of para-hydroxylation sites is 4. The van der Waals surface area contributed by atoms with Crippen molar-refractivity contribution in [2.45, 2.75) is 0 Å². The molecule has 5 heteroatoms. The van der Waals surface area contributed by atoms with Crippen LogP contribution in [-0.4, -0.2) is 19.1 Å². The zero-order valence-electron chi connectivity index (χ0n) is 30.7. The minimum atomic E-state index is 0.604. The summed E-state index contributed by atoms with van der Waals surface area (Å²) in [5.41, 5.74) is 13.2. The number of fused-ring (bicyclic) bond motifs is 10. The van der Waals surface area contributed by atoms with Crippen LogP contribution < -0.4 is 0 Å². The van der Waals surface area contributed by atoms with Crippen molar-refractivity contribution in [2.75, 3.05) is 0 Å². The quantitative estimate of drug-likeness (QED) is 0.177.